The quantitative estimate of drug-likeness (QED) is 0.889. The van der Waals surface area contributed by atoms with Crippen LogP contribution >= 0.6 is 0 Å². The van der Waals surface area contributed by atoms with Crippen LogP contribution in [0.5, 0.6) is 5.88 Å². The number of aromatic nitrogens is 1. The molecule has 18 heavy (non-hydrogen) atoms. The van der Waals surface area contributed by atoms with Crippen LogP contribution in [-0.2, 0) is 0 Å². The molecule has 0 bridgehead atoms. The number of anilines is 1. The Morgan fingerprint density at radius 2 is 2.33 bits per heavy atom. The number of ether oxygens (including phenoxy) is 1. The second-order valence-corrected chi connectivity index (χ2v) is 4.86. The molecule has 1 unspecified atom stereocenters. The van der Waals surface area contributed by atoms with Gasteiger partial charge in [-0.05, 0) is 58.5 Å². The highest BCUT2D eigenvalue weighted by Crippen LogP contribution is 2.24. The summed E-state index contributed by atoms with van der Waals surface area (Å²) in [6, 6.07) is 4.53. The smallest absolute Gasteiger partial charge is 0.237 e. The van der Waals surface area contributed by atoms with E-state index in [2.05, 4.69) is 22.2 Å². The number of nitrogens with zero attached hydrogens (tertiary/aromatic N) is 2. The van der Waals surface area contributed by atoms with Gasteiger partial charge in [0.15, 0.2) is 0 Å². The molecular weight excluding hydrogens is 226 g/mol. The molecular formula is C14H23N3O. The Morgan fingerprint density at radius 3 is 3.17 bits per heavy atom. The van der Waals surface area contributed by atoms with Crippen molar-refractivity contribution in [3.63, 3.8) is 0 Å². The molecule has 2 heterocycles. The molecule has 1 aromatic heterocycles. The molecule has 4 nitrogen and oxygen atoms in total. The first-order valence-electron chi connectivity index (χ1n) is 6.82. The summed E-state index contributed by atoms with van der Waals surface area (Å²) in [5.41, 5.74) is 1.02. The van der Waals surface area contributed by atoms with Crippen molar-refractivity contribution < 1.29 is 4.74 Å². The van der Waals surface area contributed by atoms with Crippen molar-refractivity contribution in [2.45, 2.75) is 32.2 Å². The molecule has 1 aliphatic heterocycles. The summed E-state index contributed by atoms with van der Waals surface area (Å²) in [6.45, 7) is 4.99. The summed E-state index contributed by atoms with van der Waals surface area (Å²) in [6.07, 6.45) is 5.41. The lowest BCUT2D eigenvalue weighted by Gasteiger charge is -2.19. The molecule has 1 saturated heterocycles. The van der Waals surface area contributed by atoms with Gasteiger partial charge in [0.1, 0.15) is 0 Å². The molecule has 1 fully saturated rings. The largest absolute Gasteiger partial charge is 0.476 e. The van der Waals surface area contributed by atoms with Crippen LogP contribution in [0.1, 0.15) is 26.2 Å². The maximum Gasteiger partial charge on any atom is 0.237 e. The van der Waals surface area contributed by atoms with Gasteiger partial charge in [-0.3, -0.25) is 0 Å². The van der Waals surface area contributed by atoms with E-state index in [-0.39, 0.29) is 0 Å². The number of likely N-dealkylation sites (tertiary alicyclic amines) is 1. The van der Waals surface area contributed by atoms with Gasteiger partial charge in [-0.2, -0.15) is 0 Å². The van der Waals surface area contributed by atoms with E-state index in [0.29, 0.717) is 12.6 Å². The maximum atomic E-state index is 5.55. The second kappa shape index (κ2) is 6.59. The highest BCUT2D eigenvalue weighted by Gasteiger charge is 2.16. The molecule has 0 amide bonds. The van der Waals surface area contributed by atoms with E-state index >= 15 is 0 Å². The van der Waals surface area contributed by atoms with E-state index < -0.39 is 0 Å². The average Bonchev–Trinajstić information content (AvgIpc) is 2.57. The van der Waals surface area contributed by atoms with E-state index in [9.17, 15) is 0 Å². The SMILES string of the molecule is CCOc1ncccc1NC1CCCN(C)CC1. The molecule has 2 rings (SSSR count). The molecule has 1 N–H and O–H groups in total. The number of pyridine rings is 1. The fourth-order valence-electron chi connectivity index (χ4n) is 2.36. The van der Waals surface area contributed by atoms with Crippen LogP contribution in [0.2, 0.25) is 0 Å². The monoisotopic (exact) mass is 249 g/mol. The van der Waals surface area contributed by atoms with Gasteiger partial charge >= 0.3 is 0 Å². The maximum absolute atomic E-state index is 5.55. The Kier molecular flexibility index (Phi) is 4.81. The fourth-order valence-corrected chi connectivity index (χ4v) is 2.36. The number of rotatable bonds is 4. The first kappa shape index (κ1) is 13.1. The zero-order valence-corrected chi connectivity index (χ0v) is 11.4. The number of nitrogens with one attached hydrogen (secondary N) is 1. The lowest BCUT2D eigenvalue weighted by Crippen LogP contribution is -2.23. The number of hydrogen-bond acceptors (Lipinski definition) is 4. The van der Waals surface area contributed by atoms with Crippen molar-refractivity contribution in [2.75, 3.05) is 32.1 Å². The standard InChI is InChI=1S/C14H23N3O/c1-3-18-14-13(7-4-9-15-14)16-12-6-5-10-17(2)11-8-12/h4,7,9,12,16H,3,5-6,8,10-11H2,1-2H3. The third kappa shape index (κ3) is 3.60. The van der Waals surface area contributed by atoms with Gasteiger partial charge in [-0.25, -0.2) is 4.98 Å². The van der Waals surface area contributed by atoms with Gasteiger partial charge in [0.25, 0.3) is 0 Å². The molecule has 4 heteroatoms. The predicted molar refractivity (Wildman–Crippen MR) is 74.2 cm³/mol. The van der Waals surface area contributed by atoms with Gasteiger partial charge in [-0.1, -0.05) is 0 Å². The molecule has 1 aliphatic rings. The summed E-state index contributed by atoms with van der Waals surface area (Å²) < 4.78 is 5.55. The average molecular weight is 249 g/mol. The van der Waals surface area contributed by atoms with E-state index in [4.69, 9.17) is 4.74 Å². The Morgan fingerprint density at radius 1 is 1.44 bits per heavy atom. The van der Waals surface area contributed by atoms with Crippen molar-refractivity contribution in [1.82, 2.24) is 9.88 Å². The summed E-state index contributed by atoms with van der Waals surface area (Å²) in [5, 5.41) is 3.58. The first-order valence-corrected chi connectivity index (χ1v) is 6.82. The minimum Gasteiger partial charge on any atom is -0.476 e. The lowest BCUT2D eigenvalue weighted by molar-refractivity contribution is 0.328. The van der Waals surface area contributed by atoms with Crippen molar-refractivity contribution in [1.29, 1.82) is 0 Å². The zero-order valence-electron chi connectivity index (χ0n) is 11.4. The van der Waals surface area contributed by atoms with E-state index in [0.717, 1.165) is 18.1 Å². The van der Waals surface area contributed by atoms with Crippen LogP contribution in [0.4, 0.5) is 5.69 Å². The van der Waals surface area contributed by atoms with Crippen LogP contribution in [0, 0.1) is 0 Å². The molecule has 1 aromatic rings. The van der Waals surface area contributed by atoms with E-state index in [1.807, 2.05) is 19.1 Å². The molecule has 0 saturated carbocycles. The van der Waals surface area contributed by atoms with Crippen LogP contribution in [0.25, 0.3) is 0 Å². The molecule has 1 atom stereocenters. The summed E-state index contributed by atoms with van der Waals surface area (Å²) >= 11 is 0. The van der Waals surface area contributed by atoms with Crippen LogP contribution in [-0.4, -0.2) is 42.7 Å². The third-order valence-corrected chi connectivity index (χ3v) is 3.36. The van der Waals surface area contributed by atoms with Crippen molar-refractivity contribution in [2.24, 2.45) is 0 Å². The van der Waals surface area contributed by atoms with Gasteiger partial charge in [0.05, 0.1) is 12.3 Å². The second-order valence-electron chi connectivity index (χ2n) is 4.86. The normalized spacial score (nSPS) is 21.3. The summed E-state index contributed by atoms with van der Waals surface area (Å²) in [5.74, 6) is 0.720. The topological polar surface area (TPSA) is 37.4 Å². The molecule has 0 spiro atoms. The Bertz CT molecular complexity index is 370. The Hall–Kier alpha value is -1.29. The van der Waals surface area contributed by atoms with Gasteiger partial charge in [-0.15, -0.1) is 0 Å². The van der Waals surface area contributed by atoms with Crippen molar-refractivity contribution in [3.05, 3.63) is 18.3 Å². The number of hydrogen-bond donors (Lipinski definition) is 1. The summed E-state index contributed by atoms with van der Waals surface area (Å²) in [7, 11) is 2.19. The highest BCUT2D eigenvalue weighted by atomic mass is 16.5. The van der Waals surface area contributed by atoms with Gasteiger partial charge < -0.3 is 15.0 Å². The highest BCUT2D eigenvalue weighted by molar-refractivity contribution is 5.52. The first-order chi connectivity index (χ1) is 8.79. The zero-order chi connectivity index (χ0) is 12.8. The third-order valence-electron chi connectivity index (χ3n) is 3.36. The van der Waals surface area contributed by atoms with E-state index in [1.165, 1.54) is 25.8 Å². The minimum atomic E-state index is 0.526. The van der Waals surface area contributed by atoms with Gasteiger partial charge in [0.2, 0.25) is 5.88 Å². The van der Waals surface area contributed by atoms with Crippen LogP contribution in [0.15, 0.2) is 18.3 Å². The molecule has 0 aromatic carbocycles. The van der Waals surface area contributed by atoms with Crippen molar-refractivity contribution in [3.8, 4) is 5.88 Å². The van der Waals surface area contributed by atoms with Crippen molar-refractivity contribution >= 4 is 5.69 Å². The fraction of sp³-hybridized carbons (Fsp3) is 0.643. The molecule has 0 aliphatic carbocycles. The predicted octanol–water partition coefficient (Wildman–Crippen LogP) is 2.38. The van der Waals surface area contributed by atoms with Gasteiger partial charge in [0, 0.05) is 12.2 Å². The molecule has 0 radical (unpaired) electrons. The van der Waals surface area contributed by atoms with Crippen LogP contribution < -0.4 is 10.1 Å². The van der Waals surface area contributed by atoms with E-state index in [1.54, 1.807) is 6.20 Å². The summed E-state index contributed by atoms with van der Waals surface area (Å²) in [4.78, 5) is 6.67. The van der Waals surface area contributed by atoms with Crippen LogP contribution in [0.3, 0.4) is 0 Å². The Balaban J connectivity index is 1.99. The lowest BCUT2D eigenvalue weighted by atomic mass is 10.1. The molecule has 100 valence electrons. The Labute approximate surface area is 109 Å². The minimum absolute atomic E-state index is 0.526.